The van der Waals surface area contributed by atoms with Gasteiger partial charge in [-0.3, -0.25) is 9.59 Å². The van der Waals surface area contributed by atoms with E-state index in [0.717, 1.165) is 0 Å². The van der Waals surface area contributed by atoms with Crippen LogP contribution >= 0.6 is 0 Å². The molecule has 0 aromatic heterocycles. The van der Waals surface area contributed by atoms with Crippen molar-refractivity contribution in [2.24, 2.45) is 5.73 Å². The maximum Gasteiger partial charge on any atom is 0.267 e. The Balaban J connectivity index is 2.18. The summed E-state index contributed by atoms with van der Waals surface area (Å²) in [6.45, 7) is 0. The smallest absolute Gasteiger partial charge is 0.267 e. The monoisotopic (exact) mass is 366 g/mol. The summed E-state index contributed by atoms with van der Waals surface area (Å²) in [6.07, 6.45) is 1.21. The van der Waals surface area contributed by atoms with Gasteiger partial charge in [-0.25, -0.2) is 0 Å². The fourth-order valence-electron chi connectivity index (χ4n) is 2.23. The quantitative estimate of drug-likeness (QED) is 0.510. The van der Waals surface area contributed by atoms with Crippen LogP contribution in [0.3, 0.4) is 0 Å². The van der Waals surface area contributed by atoms with E-state index in [1.807, 2.05) is 0 Å². The number of hydrogen-bond acceptors (Lipinski definition) is 6. The molecule has 2 rings (SSSR count). The molecule has 0 saturated heterocycles. The molecule has 2 aromatic rings. The molecule has 0 heterocycles. The van der Waals surface area contributed by atoms with Crippen LogP contribution in [0.1, 0.15) is 10.4 Å². The van der Waals surface area contributed by atoms with Gasteiger partial charge in [-0.1, -0.05) is 12.1 Å². The average molecular weight is 366 g/mol. The van der Waals surface area contributed by atoms with Crippen molar-refractivity contribution < 1.29 is 19.1 Å². The Bertz CT molecular complexity index is 932. The van der Waals surface area contributed by atoms with Gasteiger partial charge in [-0.2, -0.15) is 5.26 Å². The third-order valence-corrected chi connectivity index (χ3v) is 3.57. The number of ether oxygens (including phenoxy) is 2. The normalized spacial score (nSPS) is 10.5. The Morgan fingerprint density at radius 2 is 1.81 bits per heavy atom. The Hall–Kier alpha value is -3.99. The van der Waals surface area contributed by atoms with E-state index in [1.54, 1.807) is 42.5 Å². The van der Waals surface area contributed by atoms with Crippen molar-refractivity contribution in [3.63, 3.8) is 0 Å². The van der Waals surface area contributed by atoms with Gasteiger partial charge in [-0.05, 0) is 24.3 Å². The molecule has 0 saturated carbocycles. The molecular weight excluding hydrogens is 348 g/mol. The summed E-state index contributed by atoms with van der Waals surface area (Å²) >= 11 is 0. The zero-order valence-electron chi connectivity index (χ0n) is 14.8. The molecule has 0 aliphatic rings. The standard InChI is InChI=1S/C19H18N4O4/c1-26-16-8-7-13(9-17(16)27-2)23-19(25)12(10-20)11-22-15-6-4-3-5-14(15)18(21)24/h3-9,11,22H,1-2H3,(H2,21,24)(H,23,25)/b12-11-. The number of rotatable bonds is 7. The molecule has 8 nitrogen and oxygen atoms in total. The summed E-state index contributed by atoms with van der Waals surface area (Å²) in [5.74, 6) is -0.309. The van der Waals surface area contributed by atoms with Crippen LogP contribution in [0.4, 0.5) is 11.4 Å². The molecule has 2 aromatic carbocycles. The predicted octanol–water partition coefficient (Wildman–Crippen LogP) is 2.26. The van der Waals surface area contributed by atoms with Crippen LogP contribution in [0.25, 0.3) is 0 Å². The van der Waals surface area contributed by atoms with Gasteiger partial charge in [0.25, 0.3) is 11.8 Å². The lowest BCUT2D eigenvalue weighted by atomic mass is 10.1. The number of anilines is 2. The third kappa shape index (κ3) is 4.76. The van der Waals surface area contributed by atoms with Gasteiger partial charge in [0.15, 0.2) is 11.5 Å². The number of nitrogens with zero attached hydrogens (tertiary/aromatic N) is 1. The molecule has 0 spiro atoms. The van der Waals surface area contributed by atoms with E-state index in [4.69, 9.17) is 15.2 Å². The first-order chi connectivity index (χ1) is 13.0. The van der Waals surface area contributed by atoms with Crippen LogP contribution in [-0.2, 0) is 4.79 Å². The lowest BCUT2D eigenvalue weighted by molar-refractivity contribution is -0.112. The van der Waals surface area contributed by atoms with Crippen molar-refractivity contribution in [3.8, 4) is 17.6 Å². The van der Waals surface area contributed by atoms with E-state index in [9.17, 15) is 14.9 Å². The van der Waals surface area contributed by atoms with Crippen LogP contribution in [-0.4, -0.2) is 26.0 Å². The van der Waals surface area contributed by atoms with Gasteiger partial charge in [0.05, 0.1) is 25.5 Å². The van der Waals surface area contributed by atoms with E-state index in [0.29, 0.717) is 22.9 Å². The Morgan fingerprint density at radius 3 is 2.44 bits per heavy atom. The highest BCUT2D eigenvalue weighted by Gasteiger charge is 2.12. The van der Waals surface area contributed by atoms with Crippen LogP contribution in [0.5, 0.6) is 11.5 Å². The van der Waals surface area contributed by atoms with E-state index >= 15 is 0 Å². The Labute approximate surface area is 156 Å². The van der Waals surface area contributed by atoms with Crippen LogP contribution in [0, 0.1) is 11.3 Å². The minimum absolute atomic E-state index is 0.191. The molecule has 138 valence electrons. The fraction of sp³-hybridized carbons (Fsp3) is 0.105. The SMILES string of the molecule is COc1ccc(NC(=O)/C(C#N)=C\Nc2ccccc2C(N)=O)cc1OC. The summed E-state index contributed by atoms with van der Waals surface area (Å²) in [4.78, 5) is 23.8. The van der Waals surface area contributed by atoms with E-state index in [2.05, 4.69) is 10.6 Å². The topological polar surface area (TPSA) is 126 Å². The maximum atomic E-state index is 12.3. The molecule has 0 atom stereocenters. The van der Waals surface area contributed by atoms with Crippen molar-refractivity contribution >= 4 is 23.2 Å². The molecule has 0 aliphatic heterocycles. The number of carbonyl (C=O) groups excluding carboxylic acids is 2. The molecule has 0 fully saturated rings. The van der Waals surface area contributed by atoms with Crippen LogP contribution < -0.4 is 25.8 Å². The molecule has 4 N–H and O–H groups in total. The highest BCUT2D eigenvalue weighted by atomic mass is 16.5. The van der Waals surface area contributed by atoms with Crippen LogP contribution in [0.2, 0.25) is 0 Å². The average Bonchev–Trinajstić information content (AvgIpc) is 2.68. The van der Waals surface area contributed by atoms with E-state index in [1.165, 1.54) is 26.5 Å². The number of carbonyl (C=O) groups is 2. The summed E-state index contributed by atoms with van der Waals surface area (Å²) in [6, 6.07) is 13.1. The molecule has 2 amide bonds. The van der Waals surface area contributed by atoms with Gasteiger partial charge in [0.1, 0.15) is 11.6 Å². The van der Waals surface area contributed by atoms with Crippen molar-refractivity contribution in [1.82, 2.24) is 0 Å². The van der Waals surface area contributed by atoms with E-state index in [-0.39, 0.29) is 11.1 Å². The number of nitrogens with two attached hydrogens (primary N) is 1. The second kappa shape index (κ2) is 8.92. The summed E-state index contributed by atoms with van der Waals surface area (Å²) in [7, 11) is 2.98. The number of hydrogen-bond donors (Lipinski definition) is 3. The van der Waals surface area contributed by atoms with Gasteiger partial charge in [0.2, 0.25) is 0 Å². The predicted molar refractivity (Wildman–Crippen MR) is 100 cm³/mol. The first-order valence-corrected chi connectivity index (χ1v) is 7.79. The number of nitrogens with one attached hydrogen (secondary N) is 2. The second-order valence-corrected chi connectivity index (χ2v) is 5.25. The molecule has 0 aliphatic carbocycles. The number of benzene rings is 2. The van der Waals surface area contributed by atoms with Gasteiger partial charge in [0, 0.05) is 18.0 Å². The number of methoxy groups -OCH3 is 2. The zero-order valence-corrected chi connectivity index (χ0v) is 14.8. The number of para-hydroxylation sites is 1. The molecule has 0 bridgehead atoms. The highest BCUT2D eigenvalue weighted by Crippen LogP contribution is 2.29. The number of amides is 2. The third-order valence-electron chi connectivity index (χ3n) is 3.57. The van der Waals surface area contributed by atoms with Gasteiger partial charge in [-0.15, -0.1) is 0 Å². The minimum atomic E-state index is -0.631. The second-order valence-electron chi connectivity index (χ2n) is 5.25. The maximum absolute atomic E-state index is 12.3. The van der Waals surface area contributed by atoms with Crippen molar-refractivity contribution in [2.75, 3.05) is 24.9 Å². The summed E-state index contributed by atoms with van der Waals surface area (Å²) in [5, 5.41) is 14.6. The highest BCUT2D eigenvalue weighted by molar-refractivity contribution is 6.07. The fourth-order valence-corrected chi connectivity index (χ4v) is 2.23. The molecule has 27 heavy (non-hydrogen) atoms. The van der Waals surface area contributed by atoms with Crippen molar-refractivity contribution in [3.05, 3.63) is 59.8 Å². The van der Waals surface area contributed by atoms with Gasteiger partial charge >= 0.3 is 0 Å². The number of nitriles is 1. The van der Waals surface area contributed by atoms with E-state index < -0.39 is 11.8 Å². The first kappa shape index (κ1) is 19.3. The minimum Gasteiger partial charge on any atom is -0.493 e. The Morgan fingerprint density at radius 1 is 1.11 bits per heavy atom. The van der Waals surface area contributed by atoms with Crippen molar-refractivity contribution in [2.45, 2.75) is 0 Å². The summed E-state index contributed by atoms with van der Waals surface area (Å²) in [5.41, 5.74) is 6.16. The number of primary amides is 1. The van der Waals surface area contributed by atoms with Gasteiger partial charge < -0.3 is 25.8 Å². The van der Waals surface area contributed by atoms with Crippen LogP contribution in [0.15, 0.2) is 54.2 Å². The largest absolute Gasteiger partial charge is 0.493 e. The summed E-state index contributed by atoms with van der Waals surface area (Å²) < 4.78 is 10.3. The van der Waals surface area contributed by atoms with Crippen molar-refractivity contribution in [1.29, 1.82) is 5.26 Å². The molecule has 0 radical (unpaired) electrons. The zero-order chi connectivity index (χ0) is 19.8. The lowest BCUT2D eigenvalue weighted by Crippen LogP contribution is -2.16. The molecular formula is C19H18N4O4. The lowest BCUT2D eigenvalue weighted by Gasteiger charge is -2.10. The molecule has 0 unspecified atom stereocenters. The Kier molecular flexibility index (Phi) is 6.39. The first-order valence-electron chi connectivity index (χ1n) is 7.79. The molecule has 8 heteroatoms.